The van der Waals surface area contributed by atoms with Gasteiger partial charge in [0.05, 0.1) is 0 Å². The van der Waals surface area contributed by atoms with Gasteiger partial charge in [-0.25, -0.2) is 0 Å². The summed E-state index contributed by atoms with van der Waals surface area (Å²) in [6.07, 6.45) is 7.14. The van der Waals surface area contributed by atoms with Crippen LogP contribution in [0.15, 0.2) is 0 Å². The van der Waals surface area contributed by atoms with Gasteiger partial charge in [-0.2, -0.15) is 12.6 Å². The number of rotatable bonds is 5. The molecule has 0 N–H and O–H groups in total. The van der Waals surface area contributed by atoms with Crippen LogP contribution in [0, 0.1) is 11.3 Å². The quantitative estimate of drug-likeness (QED) is 0.721. The van der Waals surface area contributed by atoms with Crippen molar-refractivity contribution in [1.29, 1.82) is 0 Å². The van der Waals surface area contributed by atoms with Crippen molar-refractivity contribution >= 4 is 12.6 Å². The minimum atomic E-state index is 0.379. The van der Waals surface area contributed by atoms with Crippen LogP contribution >= 0.6 is 12.6 Å². The van der Waals surface area contributed by atoms with E-state index in [0.29, 0.717) is 11.3 Å². The predicted molar refractivity (Wildman–Crippen MR) is 80.9 cm³/mol. The molecule has 102 valence electrons. The van der Waals surface area contributed by atoms with Crippen LogP contribution in [0.3, 0.4) is 0 Å². The zero-order valence-electron chi connectivity index (χ0n) is 12.2. The van der Waals surface area contributed by atoms with Crippen LogP contribution in [0.4, 0.5) is 0 Å². The van der Waals surface area contributed by atoms with Crippen molar-refractivity contribution in [2.75, 3.05) is 18.8 Å². The molecule has 17 heavy (non-hydrogen) atoms. The van der Waals surface area contributed by atoms with Crippen molar-refractivity contribution in [3.05, 3.63) is 0 Å². The fourth-order valence-electron chi connectivity index (χ4n) is 2.87. The van der Waals surface area contributed by atoms with Gasteiger partial charge in [-0.1, -0.05) is 47.0 Å². The Morgan fingerprint density at radius 1 is 1.18 bits per heavy atom. The third-order valence-electron chi connectivity index (χ3n) is 4.40. The minimum absolute atomic E-state index is 0.379. The molecule has 1 atom stereocenters. The highest BCUT2D eigenvalue weighted by Crippen LogP contribution is 2.30. The highest BCUT2D eigenvalue weighted by molar-refractivity contribution is 7.80. The second-order valence-electron chi connectivity index (χ2n) is 6.62. The number of thiol groups is 1. The van der Waals surface area contributed by atoms with E-state index in [9.17, 15) is 0 Å². The van der Waals surface area contributed by atoms with E-state index in [4.69, 9.17) is 0 Å². The molecule has 2 heteroatoms. The maximum atomic E-state index is 4.56. The van der Waals surface area contributed by atoms with Crippen molar-refractivity contribution in [1.82, 2.24) is 4.90 Å². The first-order valence-electron chi connectivity index (χ1n) is 7.34. The van der Waals surface area contributed by atoms with Gasteiger partial charge >= 0.3 is 0 Å². The van der Waals surface area contributed by atoms with Gasteiger partial charge in [0, 0.05) is 12.6 Å². The lowest BCUT2D eigenvalue weighted by Crippen LogP contribution is -2.43. The van der Waals surface area contributed by atoms with Crippen molar-refractivity contribution in [3.8, 4) is 0 Å². The van der Waals surface area contributed by atoms with Crippen molar-refractivity contribution in [2.24, 2.45) is 11.3 Å². The Hall–Kier alpha value is 0.310. The smallest absolute Gasteiger partial charge is 0.00952 e. The molecule has 1 unspecified atom stereocenters. The molecule has 1 saturated carbocycles. The molecule has 1 rings (SSSR count). The summed E-state index contributed by atoms with van der Waals surface area (Å²) in [6.45, 7) is 11.8. The Kier molecular flexibility index (Phi) is 6.36. The molecule has 1 fully saturated rings. The summed E-state index contributed by atoms with van der Waals surface area (Å²) < 4.78 is 0. The van der Waals surface area contributed by atoms with E-state index < -0.39 is 0 Å². The maximum Gasteiger partial charge on any atom is 0.00952 e. The van der Waals surface area contributed by atoms with Gasteiger partial charge in [-0.15, -0.1) is 0 Å². The average Bonchev–Trinajstić information content (AvgIpc) is 2.30. The van der Waals surface area contributed by atoms with Gasteiger partial charge in [0.1, 0.15) is 0 Å². The molecule has 0 heterocycles. The summed E-state index contributed by atoms with van der Waals surface area (Å²) in [5.74, 6) is 1.71. The molecule has 0 aliphatic heterocycles. The maximum absolute atomic E-state index is 4.56. The molecule has 1 nitrogen and oxygen atoms in total. The Morgan fingerprint density at radius 3 is 2.18 bits per heavy atom. The lowest BCUT2D eigenvalue weighted by molar-refractivity contribution is 0.109. The van der Waals surface area contributed by atoms with E-state index in [-0.39, 0.29) is 0 Å². The van der Waals surface area contributed by atoms with Crippen LogP contribution in [0.25, 0.3) is 0 Å². The van der Waals surface area contributed by atoms with Gasteiger partial charge in [0.25, 0.3) is 0 Å². The van der Waals surface area contributed by atoms with E-state index in [2.05, 4.69) is 45.2 Å². The molecule has 0 aromatic heterocycles. The Morgan fingerprint density at radius 2 is 1.76 bits per heavy atom. The first-order valence-corrected chi connectivity index (χ1v) is 7.97. The van der Waals surface area contributed by atoms with Crippen LogP contribution in [0.1, 0.15) is 59.8 Å². The van der Waals surface area contributed by atoms with E-state index >= 15 is 0 Å². The van der Waals surface area contributed by atoms with Crippen LogP contribution < -0.4 is 0 Å². The van der Waals surface area contributed by atoms with Gasteiger partial charge in [-0.05, 0) is 36.5 Å². The predicted octanol–water partition coefficient (Wildman–Crippen LogP) is 4.23. The molecule has 0 spiro atoms. The molecular formula is C15H31NS. The lowest BCUT2D eigenvalue weighted by atomic mass is 9.81. The minimum Gasteiger partial charge on any atom is -0.300 e. The van der Waals surface area contributed by atoms with Crippen molar-refractivity contribution in [2.45, 2.75) is 65.8 Å². The Labute approximate surface area is 114 Å². The van der Waals surface area contributed by atoms with E-state index in [1.165, 1.54) is 45.2 Å². The third-order valence-corrected chi connectivity index (χ3v) is 4.84. The van der Waals surface area contributed by atoms with E-state index in [0.717, 1.165) is 11.8 Å². The highest BCUT2D eigenvalue weighted by atomic mass is 32.1. The summed E-state index contributed by atoms with van der Waals surface area (Å²) in [5.41, 5.74) is 0.379. The number of nitrogens with zero attached hydrogens (tertiary/aromatic N) is 1. The largest absolute Gasteiger partial charge is 0.300 e. The molecule has 0 saturated heterocycles. The molecular weight excluding hydrogens is 226 g/mol. The summed E-state index contributed by atoms with van der Waals surface area (Å²) in [6, 6.07) is 0.846. The fourth-order valence-corrected chi connectivity index (χ4v) is 3.53. The first-order chi connectivity index (χ1) is 7.99. The standard InChI is InChI=1S/C15H31NS/c1-5-16(14-9-7-6-8-10-14)11-13(12-17)15(2,3)4/h13-14,17H,5-12H2,1-4H3. The lowest BCUT2D eigenvalue weighted by Gasteiger charge is -2.39. The van der Waals surface area contributed by atoms with Crippen LogP contribution in [-0.2, 0) is 0 Å². The van der Waals surface area contributed by atoms with Gasteiger partial charge in [-0.3, -0.25) is 0 Å². The zero-order chi connectivity index (χ0) is 12.9. The second-order valence-corrected chi connectivity index (χ2v) is 6.99. The zero-order valence-corrected chi connectivity index (χ0v) is 13.1. The third kappa shape index (κ3) is 4.82. The normalized spacial score (nSPS) is 20.8. The monoisotopic (exact) mass is 257 g/mol. The topological polar surface area (TPSA) is 3.24 Å². The van der Waals surface area contributed by atoms with Crippen LogP contribution in [0.5, 0.6) is 0 Å². The molecule has 0 radical (unpaired) electrons. The van der Waals surface area contributed by atoms with Crippen molar-refractivity contribution < 1.29 is 0 Å². The second kappa shape index (κ2) is 7.04. The molecule has 0 aromatic rings. The SMILES string of the molecule is CCN(CC(CS)C(C)(C)C)C1CCCCC1. The number of hydrogen-bond donors (Lipinski definition) is 1. The Bertz CT molecular complexity index is 203. The Balaban J connectivity index is 2.54. The molecule has 0 bridgehead atoms. The fraction of sp³-hybridized carbons (Fsp3) is 1.00. The molecule has 0 amide bonds. The molecule has 1 aliphatic carbocycles. The number of hydrogen-bond acceptors (Lipinski definition) is 2. The highest BCUT2D eigenvalue weighted by Gasteiger charge is 2.28. The molecule has 1 aliphatic rings. The van der Waals surface area contributed by atoms with Gasteiger partial charge in [0.2, 0.25) is 0 Å². The summed E-state index contributed by atoms with van der Waals surface area (Å²) >= 11 is 4.56. The first kappa shape index (κ1) is 15.4. The van der Waals surface area contributed by atoms with Crippen LogP contribution in [-0.4, -0.2) is 29.8 Å². The summed E-state index contributed by atoms with van der Waals surface area (Å²) in [4.78, 5) is 2.71. The van der Waals surface area contributed by atoms with Gasteiger partial charge in [0.15, 0.2) is 0 Å². The van der Waals surface area contributed by atoms with E-state index in [1.807, 2.05) is 0 Å². The summed E-state index contributed by atoms with van der Waals surface area (Å²) in [7, 11) is 0. The van der Waals surface area contributed by atoms with E-state index in [1.54, 1.807) is 0 Å². The average molecular weight is 257 g/mol. The van der Waals surface area contributed by atoms with Gasteiger partial charge < -0.3 is 4.90 Å². The molecule has 0 aromatic carbocycles. The summed E-state index contributed by atoms with van der Waals surface area (Å²) in [5, 5.41) is 0. The van der Waals surface area contributed by atoms with Crippen LogP contribution in [0.2, 0.25) is 0 Å². The van der Waals surface area contributed by atoms with Crippen molar-refractivity contribution in [3.63, 3.8) is 0 Å².